The average molecular weight is 279 g/mol. The van der Waals surface area contributed by atoms with Gasteiger partial charge in [-0.15, -0.1) is 0 Å². The number of benzene rings is 1. The zero-order valence-electron chi connectivity index (χ0n) is 12.4. The summed E-state index contributed by atoms with van der Waals surface area (Å²) in [6.07, 6.45) is -0.990. The van der Waals surface area contributed by atoms with E-state index in [-0.39, 0.29) is 12.0 Å². The van der Waals surface area contributed by atoms with E-state index >= 15 is 0 Å². The number of nitrogens with one attached hydrogen (secondary N) is 1. The summed E-state index contributed by atoms with van der Waals surface area (Å²) in [6, 6.07) is 7.81. The van der Waals surface area contributed by atoms with Crippen LogP contribution in [0.1, 0.15) is 37.3 Å². The van der Waals surface area contributed by atoms with Gasteiger partial charge in [-0.05, 0) is 38.3 Å². The standard InChI is InChI=1S/C16H25NO3/c1-10-6-4-5-7-11(10)12-8-13(18)15(19)14(12)17-9-16(2,3)20/h4-7,12-15,17-20H,8-9H2,1-3H3/t12-,13-,14-,15-/m1/s1. The Morgan fingerprint density at radius 3 is 2.50 bits per heavy atom. The molecule has 4 nitrogen and oxygen atoms in total. The van der Waals surface area contributed by atoms with Crippen molar-refractivity contribution in [3.05, 3.63) is 35.4 Å². The molecule has 0 amide bonds. The highest BCUT2D eigenvalue weighted by Gasteiger charge is 2.42. The molecular formula is C16H25NO3. The molecule has 4 atom stereocenters. The summed E-state index contributed by atoms with van der Waals surface area (Å²) in [7, 11) is 0. The SMILES string of the molecule is Cc1ccccc1[C@H]1C[C@@H](O)[C@@H](O)[C@@H]1NCC(C)(C)O. The molecule has 0 heterocycles. The molecule has 4 N–H and O–H groups in total. The maximum atomic E-state index is 10.2. The zero-order chi connectivity index (χ0) is 14.9. The number of aryl methyl sites for hydroxylation is 1. The van der Waals surface area contributed by atoms with Crippen LogP contribution in [-0.2, 0) is 0 Å². The Kier molecular flexibility index (Phi) is 4.49. The summed E-state index contributed by atoms with van der Waals surface area (Å²) in [5.41, 5.74) is 1.47. The highest BCUT2D eigenvalue weighted by Crippen LogP contribution is 2.36. The van der Waals surface area contributed by atoms with Gasteiger partial charge in [0.1, 0.15) is 0 Å². The van der Waals surface area contributed by atoms with Crippen LogP contribution >= 0.6 is 0 Å². The van der Waals surface area contributed by atoms with E-state index in [1.54, 1.807) is 13.8 Å². The fourth-order valence-electron chi connectivity index (χ4n) is 2.98. The predicted octanol–water partition coefficient (Wildman–Crippen LogP) is 0.933. The van der Waals surface area contributed by atoms with Crippen molar-refractivity contribution in [2.24, 2.45) is 0 Å². The van der Waals surface area contributed by atoms with Crippen molar-refractivity contribution in [3.63, 3.8) is 0 Å². The lowest BCUT2D eigenvalue weighted by Gasteiger charge is -2.28. The van der Waals surface area contributed by atoms with Crippen LogP contribution in [0.15, 0.2) is 24.3 Å². The van der Waals surface area contributed by atoms with Crippen LogP contribution in [0.3, 0.4) is 0 Å². The number of aliphatic hydroxyl groups is 3. The van der Waals surface area contributed by atoms with Crippen molar-refractivity contribution < 1.29 is 15.3 Å². The van der Waals surface area contributed by atoms with E-state index in [0.717, 1.165) is 11.1 Å². The van der Waals surface area contributed by atoms with Gasteiger partial charge in [-0.25, -0.2) is 0 Å². The van der Waals surface area contributed by atoms with Gasteiger partial charge >= 0.3 is 0 Å². The Balaban J connectivity index is 2.20. The molecule has 1 fully saturated rings. The summed E-state index contributed by atoms with van der Waals surface area (Å²) < 4.78 is 0. The van der Waals surface area contributed by atoms with E-state index in [1.165, 1.54) is 0 Å². The Labute approximate surface area is 120 Å². The lowest BCUT2D eigenvalue weighted by molar-refractivity contribution is 0.0212. The summed E-state index contributed by atoms with van der Waals surface area (Å²) in [6.45, 7) is 5.87. The zero-order valence-corrected chi connectivity index (χ0v) is 12.4. The molecule has 1 aromatic carbocycles. The summed E-state index contributed by atoms with van der Waals surface area (Å²) in [4.78, 5) is 0. The van der Waals surface area contributed by atoms with Crippen molar-refractivity contribution in [1.82, 2.24) is 5.32 Å². The number of rotatable bonds is 4. The molecule has 1 aromatic rings. The molecule has 0 aromatic heterocycles. The first-order chi connectivity index (χ1) is 9.29. The highest BCUT2D eigenvalue weighted by atomic mass is 16.3. The van der Waals surface area contributed by atoms with E-state index in [2.05, 4.69) is 5.32 Å². The molecule has 0 aliphatic heterocycles. The van der Waals surface area contributed by atoms with E-state index in [4.69, 9.17) is 0 Å². The van der Waals surface area contributed by atoms with Crippen molar-refractivity contribution in [2.45, 2.75) is 57.0 Å². The molecular weight excluding hydrogens is 254 g/mol. The normalized spacial score (nSPS) is 30.7. The Morgan fingerprint density at radius 1 is 1.25 bits per heavy atom. The Bertz CT molecular complexity index is 455. The smallest absolute Gasteiger partial charge is 0.0957 e. The van der Waals surface area contributed by atoms with Crippen LogP contribution in [0.4, 0.5) is 0 Å². The Morgan fingerprint density at radius 2 is 1.90 bits per heavy atom. The van der Waals surface area contributed by atoms with Gasteiger partial charge in [-0.1, -0.05) is 24.3 Å². The maximum Gasteiger partial charge on any atom is 0.0957 e. The molecule has 1 aliphatic carbocycles. The van der Waals surface area contributed by atoms with E-state index in [9.17, 15) is 15.3 Å². The minimum Gasteiger partial charge on any atom is -0.390 e. The number of aliphatic hydroxyl groups excluding tert-OH is 2. The van der Waals surface area contributed by atoms with Gasteiger partial charge in [0.05, 0.1) is 17.8 Å². The fourth-order valence-corrected chi connectivity index (χ4v) is 2.98. The van der Waals surface area contributed by atoms with Crippen molar-refractivity contribution in [3.8, 4) is 0 Å². The topological polar surface area (TPSA) is 72.7 Å². The second-order valence-corrected chi connectivity index (χ2v) is 6.48. The molecule has 1 saturated carbocycles. The molecule has 1 aliphatic rings. The van der Waals surface area contributed by atoms with Crippen molar-refractivity contribution in [1.29, 1.82) is 0 Å². The summed E-state index contributed by atoms with van der Waals surface area (Å²) in [5.74, 6) is 0.0588. The van der Waals surface area contributed by atoms with Gasteiger partial charge in [-0.3, -0.25) is 0 Å². The van der Waals surface area contributed by atoms with Crippen molar-refractivity contribution in [2.75, 3.05) is 6.54 Å². The van der Waals surface area contributed by atoms with Crippen LogP contribution in [0.25, 0.3) is 0 Å². The van der Waals surface area contributed by atoms with Crippen LogP contribution in [0, 0.1) is 6.92 Å². The number of hydrogen-bond donors (Lipinski definition) is 4. The summed E-state index contributed by atoms with van der Waals surface area (Å²) >= 11 is 0. The monoisotopic (exact) mass is 279 g/mol. The molecule has 0 saturated heterocycles. The molecule has 0 radical (unpaired) electrons. The molecule has 20 heavy (non-hydrogen) atoms. The van der Waals surface area contributed by atoms with Gasteiger partial charge < -0.3 is 20.6 Å². The van der Waals surface area contributed by atoms with Crippen LogP contribution in [0.5, 0.6) is 0 Å². The highest BCUT2D eigenvalue weighted by molar-refractivity contribution is 5.32. The molecule has 2 rings (SSSR count). The first-order valence-electron chi connectivity index (χ1n) is 7.17. The third-order valence-electron chi connectivity index (χ3n) is 4.05. The van der Waals surface area contributed by atoms with Crippen LogP contribution < -0.4 is 5.32 Å². The molecule has 0 unspecified atom stereocenters. The molecule has 112 valence electrons. The average Bonchev–Trinajstić information content (AvgIpc) is 2.63. The molecule has 4 heteroatoms. The van der Waals surface area contributed by atoms with E-state index < -0.39 is 17.8 Å². The second-order valence-electron chi connectivity index (χ2n) is 6.48. The lowest BCUT2D eigenvalue weighted by atomic mass is 9.90. The first kappa shape index (κ1) is 15.4. The second kappa shape index (κ2) is 5.82. The predicted molar refractivity (Wildman–Crippen MR) is 78.6 cm³/mol. The quantitative estimate of drug-likeness (QED) is 0.662. The molecule has 0 bridgehead atoms. The summed E-state index contributed by atoms with van der Waals surface area (Å²) in [5, 5.41) is 33.2. The number of hydrogen-bond acceptors (Lipinski definition) is 4. The third kappa shape index (κ3) is 3.38. The lowest BCUT2D eigenvalue weighted by Crippen LogP contribution is -2.47. The van der Waals surface area contributed by atoms with E-state index in [0.29, 0.717) is 13.0 Å². The largest absolute Gasteiger partial charge is 0.390 e. The molecule has 0 spiro atoms. The van der Waals surface area contributed by atoms with Crippen LogP contribution in [0.2, 0.25) is 0 Å². The van der Waals surface area contributed by atoms with Crippen molar-refractivity contribution >= 4 is 0 Å². The van der Waals surface area contributed by atoms with E-state index in [1.807, 2.05) is 31.2 Å². The maximum absolute atomic E-state index is 10.2. The van der Waals surface area contributed by atoms with Gasteiger partial charge in [0.15, 0.2) is 0 Å². The Hall–Kier alpha value is -0.940. The fraction of sp³-hybridized carbons (Fsp3) is 0.625. The van der Waals surface area contributed by atoms with Crippen LogP contribution in [-0.4, -0.2) is 45.7 Å². The van der Waals surface area contributed by atoms with Gasteiger partial charge in [-0.2, -0.15) is 0 Å². The minimum atomic E-state index is -0.844. The van der Waals surface area contributed by atoms with Gasteiger partial charge in [0.2, 0.25) is 0 Å². The van der Waals surface area contributed by atoms with Gasteiger partial charge in [0.25, 0.3) is 0 Å². The first-order valence-corrected chi connectivity index (χ1v) is 7.17. The minimum absolute atomic E-state index is 0.0588. The third-order valence-corrected chi connectivity index (χ3v) is 4.05. The van der Waals surface area contributed by atoms with Gasteiger partial charge in [0, 0.05) is 18.5 Å².